The van der Waals surface area contributed by atoms with Crippen LogP contribution in [0.25, 0.3) is 10.2 Å². The van der Waals surface area contributed by atoms with Crippen LogP contribution in [0.15, 0.2) is 58.1 Å². The van der Waals surface area contributed by atoms with Gasteiger partial charge in [0, 0.05) is 0 Å². The van der Waals surface area contributed by atoms with Crippen LogP contribution < -0.4 is 16.7 Å². The highest BCUT2D eigenvalue weighted by Gasteiger charge is 2.17. The summed E-state index contributed by atoms with van der Waals surface area (Å²) >= 11 is 0.966. The van der Waals surface area contributed by atoms with Gasteiger partial charge in [-0.1, -0.05) is 30.3 Å². The number of esters is 1. The van der Waals surface area contributed by atoms with Gasteiger partial charge in [0.15, 0.2) is 6.26 Å². The average molecular weight is 387 g/mol. The number of ether oxygens (including phenoxy) is 2. The van der Waals surface area contributed by atoms with Crippen LogP contribution in [0.3, 0.4) is 0 Å². The second kappa shape index (κ2) is 7.09. The van der Waals surface area contributed by atoms with Gasteiger partial charge in [-0.2, -0.15) is 0 Å². The van der Waals surface area contributed by atoms with Gasteiger partial charge in [-0.15, -0.1) is 11.3 Å². The average Bonchev–Trinajstić information content (AvgIpc) is 3.34. The van der Waals surface area contributed by atoms with E-state index >= 15 is 0 Å². The van der Waals surface area contributed by atoms with Crippen molar-refractivity contribution in [2.75, 3.05) is 6.79 Å². The Morgan fingerprint density at radius 2 is 2.11 bits per heavy atom. The quantitative estimate of drug-likeness (QED) is 0.512. The van der Waals surface area contributed by atoms with Gasteiger partial charge in [-0.05, 0) is 11.6 Å². The third-order valence-corrected chi connectivity index (χ3v) is 4.81. The van der Waals surface area contributed by atoms with Crippen molar-refractivity contribution >= 4 is 27.5 Å². The molecule has 10 heteroatoms. The highest BCUT2D eigenvalue weighted by Crippen LogP contribution is 2.21. The Hall–Kier alpha value is -3.37. The Labute approximate surface area is 155 Å². The van der Waals surface area contributed by atoms with Crippen molar-refractivity contribution in [2.24, 2.45) is 0 Å². The summed E-state index contributed by atoms with van der Waals surface area (Å²) in [5.41, 5.74) is 2.21. The van der Waals surface area contributed by atoms with E-state index in [1.807, 2.05) is 30.3 Å². The summed E-state index contributed by atoms with van der Waals surface area (Å²) in [5.74, 6) is -0.529. The van der Waals surface area contributed by atoms with Gasteiger partial charge in [-0.25, -0.2) is 19.9 Å². The van der Waals surface area contributed by atoms with Crippen molar-refractivity contribution in [1.29, 1.82) is 0 Å². The molecule has 27 heavy (non-hydrogen) atoms. The fraction of sp³-hybridized carbons (Fsp3) is 0.118. The highest BCUT2D eigenvalue weighted by molar-refractivity contribution is 7.20. The molecule has 0 unspecified atom stereocenters. The Morgan fingerprint density at radius 3 is 2.85 bits per heavy atom. The number of fused-ring (bicyclic) bond motifs is 1. The second-order valence-electron chi connectivity index (χ2n) is 5.56. The van der Waals surface area contributed by atoms with Gasteiger partial charge >= 0.3 is 11.7 Å². The molecule has 3 heterocycles. The molecule has 2 aromatic heterocycles. The fourth-order valence-electron chi connectivity index (χ4n) is 2.50. The van der Waals surface area contributed by atoms with E-state index in [-0.39, 0.29) is 29.5 Å². The summed E-state index contributed by atoms with van der Waals surface area (Å²) in [6, 6.07) is 10.6. The van der Waals surface area contributed by atoms with Gasteiger partial charge in [-0.3, -0.25) is 14.3 Å². The number of carbonyl (C=O) groups excluding carboxylic acids is 1. The Bertz CT molecular complexity index is 1140. The van der Waals surface area contributed by atoms with E-state index in [2.05, 4.69) is 10.5 Å². The number of carbonyl (C=O) groups is 1. The highest BCUT2D eigenvalue weighted by atomic mass is 32.1. The minimum Gasteiger partial charge on any atom is -0.446 e. The summed E-state index contributed by atoms with van der Waals surface area (Å²) in [7, 11) is 0. The minimum absolute atomic E-state index is 0.00840. The van der Waals surface area contributed by atoms with Crippen LogP contribution >= 0.6 is 11.3 Å². The van der Waals surface area contributed by atoms with E-state index in [1.165, 1.54) is 6.07 Å². The molecule has 0 saturated carbocycles. The maximum atomic E-state index is 12.7. The van der Waals surface area contributed by atoms with Crippen LogP contribution in [0.1, 0.15) is 15.2 Å². The lowest BCUT2D eigenvalue weighted by Crippen LogP contribution is -2.34. The molecule has 1 fully saturated rings. The molecule has 1 saturated heterocycles. The zero-order chi connectivity index (χ0) is 18.8. The molecule has 0 atom stereocenters. The maximum Gasteiger partial charge on any atom is 0.353 e. The molecule has 1 aliphatic rings. The number of aromatic amines is 1. The maximum absolute atomic E-state index is 12.7. The third-order valence-electron chi connectivity index (χ3n) is 3.78. The van der Waals surface area contributed by atoms with E-state index in [0.717, 1.165) is 27.7 Å². The number of aromatic nitrogens is 2. The fourth-order valence-corrected chi connectivity index (χ4v) is 3.42. The van der Waals surface area contributed by atoms with Crippen molar-refractivity contribution in [2.45, 2.75) is 6.54 Å². The lowest BCUT2D eigenvalue weighted by Gasteiger charge is -2.04. The number of nitrogens with zero attached hydrogens (tertiary/aromatic N) is 1. The molecule has 0 amide bonds. The van der Waals surface area contributed by atoms with E-state index in [0.29, 0.717) is 4.83 Å². The molecule has 9 nitrogen and oxygen atoms in total. The van der Waals surface area contributed by atoms with E-state index in [1.54, 1.807) is 0 Å². The third kappa shape index (κ3) is 3.48. The second-order valence-corrected chi connectivity index (χ2v) is 6.61. The van der Waals surface area contributed by atoms with Gasteiger partial charge in [0.1, 0.15) is 9.71 Å². The lowest BCUT2D eigenvalue weighted by molar-refractivity contribution is 0.0415. The van der Waals surface area contributed by atoms with Crippen LogP contribution in [0.2, 0.25) is 0 Å². The molecule has 2 N–H and O–H groups in total. The number of H-pyrrole nitrogens is 1. The first kappa shape index (κ1) is 17.1. The van der Waals surface area contributed by atoms with Crippen LogP contribution in [-0.4, -0.2) is 22.3 Å². The van der Waals surface area contributed by atoms with Crippen molar-refractivity contribution < 1.29 is 19.1 Å². The topological polar surface area (TPSA) is 112 Å². The normalized spacial score (nSPS) is 14.9. The van der Waals surface area contributed by atoms with Gasteiger partial charge in [0.2, 0.25) is 12.7 Å². The van der Waals surface area contributed by atoms with Crippen LogP contribution in [0, 0.1) is 0 Å². The molecule has 4 rings (SSSR count). The largest absolute Gasteiger partial charge is 0.446 e. The van der Waals surface area contributed by atoms with Crippen LogP contribution in [0.4, 0.5) is 0 Å². The zero-order valence-corrected chi connectivity index (χ0v) is 14.6. The molecule has 0 radical (unpaired) electrons. The van der Waals surface area contributed by atoms with Crippen molar-refractivity contribution in [1.82, 2.24) is 15.0 Å². The number of hydrogen-bond acceptors (Lipinski definition) is 8. The number of nitrogens with one attached hydrogen (secondary N) is 2. The van der Waals surface area contributed by atoms with Crippen LogP contribution in [-0.2, 0) is 20.9 Å². The van der Waals surface area contributed by atoms with E-state index < -0.39 is 17.2 Å². The standard InChI is InChI=1S/C17H13N3O6S/c21-15-11-6-12(16(22)24-8-13-19-26-9-25-13)27-14(11)18-17(23)20(15)7-10-4-2-1-3-5-10/h1-6,8,19H,7,9H2,(H,18,23). The summed E-state index contributed by atoms with van der Waals surface area (Å²) in [4.78, 5) is 45.0. The first-order valence-electron chi connectivity index (χ1n) is 7.84. The Morgan fingerprint density at radius 1 is 1.30 bits per heavy atom. The van der Waals surface area contributed by atoms with Gasteiger partial charge < -0.3 is 9.47 Å². The first-order chi connectivity index (χ1) is 13.1. The number of rotatable bonds is 4. The molecule has 0 spiro atoms. The summed E-state index contributed by atoms with van der Waals surface area (Å²) in [6.45, 7) is 0.143. The molecule has 1 aliphatic heterocycles. The predicted molar refractivity (Wildman–Crippen MR) is 95.9 cm³/mol. The van der Waals surface area contributed by atoms with Crippen molar-refractivity contribution in [3.05, 3.63) is 79.8 Å². The molecule has 3 aromatic rings. The lowest BCUT2D eigenvalue weighted by atomic mass is 10.2. The molecule has 138 valence electrons. The molecule has 0 bridgehead atoms. The Kier molecular flexibility index (Phi) is 4.48. The van der Waals surface area contributed by atoms with Crippen molar-refractivity contribution in [3.63, 3.8) is 0 Å². The van der Waals surface area contributed by atoms with Gasteiger partial charge in [0.25, 0.3) is 5.56 Å². The SMILES string of the molecule is O=C(OC=C1NOCO1)c1cc2c(=O)n(Cc3ccccc3)c(=O)[nH]c2s1. The summed E-state index contributed by atoms with van der Waals surface area (Å²) in [6.07, 6.45) is 1.07. The van der Waals surface area contributed by atoms with Gasteiger partial charge in [0.05, 0.1) is 11.9 Å². The number of hydroxylamine groups is 1. The molecular formula is C17H13N3O6S. The monoisotopic (exact) mass is 387 g/mol. The smallest absolute Gasteiger partial charge is 0.353 e. The van der Waals surface area contributed by atoms with E-state index in [9.17, 15) is 14.4 Å². The van der Waals surface area contributed by atoms with E-state index in [4.69, 9.17) is 14.3 Å². The number of hydrogen-bond donors (Lipinski definition) is 2. The number of benzene rings is 1. The van der Waals surface area contributed by atoms with Crippen molar-refractivity contribution in [3.8, 4) is 0 Å². The zero-order valence-electron chi connectivity index (χ0n) is 13.8. The number of thiophene rings is 1. The first-order valence-corrected chi connectivity index (χ1v) is 8.66. The molecule has 1 aromatic carbocycles. The molecular weight excluding hydrogens is 374 g/mol. The Balaban J connectivity index is 1.65. The van der Waals surface area contributed by atoms with Crippen LogP contribution in [0.5, 0.6) is 0 Å². The predicted octanol–water partition coefficient (Wildman–Crippen LogP) is 1.26. The minimum atomic E-state index is -0.684. The summed E-state index contributed by atoms with van der Waals surface area (Å²) in [5, 5.41) is 0.244. The summed E-state index contributed by atoms with van der Waals surface area (Å²) < 4.78 is 11.0. The molecule has 0 aliphatic carbocycles.